The number of carbonyl (C=O) groups excluding carboxylic acids is 2. The fraction of sp³-hybridized carbons (Fsp3) is 0.889. The first-order valence-corrected chi connectivity index (χ1v) is 17.0. The maximum atomic E-state index is 14.0. The topological polar surface area (TPSA) is 99.2 Å². The van der Waals surface area contributed by atoms with Gasteiger partial charge in [-0.2, -0.15) is 0 Å². The number of Topliss-reactive ketones (excluding diaryl/α,β-unsaturated/α-hetero) is 2. The van der Waals surface area contributed by atoms with Gasteiger partial charge in [-0.05, 0) is 99.9 Å². The average molecular weight is 584 g/mol. The Morgan fingerprint density at radius 1 is 1.00 bits per heavy atom. The largest absolute Gasteiger partial charge is 0.390 e. The van der Waals surface area contributed by atoms with E-state index in [-0.39, 0.29) is 57.0 Å². The Morgan fingerprint density at radius 2 is 1.67 bits per heavy atom. The van der Waals surface area contributed by atoms with Crippen LogP contribution >= 0.6 is 0 Å². The van der Waals surface area contributed by atoms with E-state index < -0.39 is 11.7 Å². The molecular formula is C36H57NO5. The highest BCUT2D eigenvalue weighted by Crippen LogP contribution is 2.74. The number of hydrogen-bond donors (Lipinski definition) is 3. The fourth-order valence-corrected chi connectivity index (χ4v) is 11.9. The smallest absolute Gasteiger partial charge is 0.159 e. The normalized spacial score (nSPS) is 50.0. The predicted octanol–water partition coefficient (Wildman–Crippen LogP) is 5.92. The van der Waals surface area contributed by atoms with Gasteiger partial charge in [0, 0.05) is 36.3 Å². The van der Waals surface area contributed by atoms with Gasteiger partial charge in [-0.15, -0.1) is 0 Å². The number of aliphatic hydroxyl groups is 2. The van der Waals surface area contributed by atoms with Crippen LogP contribution in [-0.4, -0.2) is 57.8 Å². The molecule has 2 heterocycles. The summed E-state index contributed by atoms with van der Waals surface area (Å²) in [5.41, 5.74) is 0.530. The Balaban J connectivity index is 1.39. The zero-order valence-electron chi connectivity index (χ0n) is 27.6. The molecule has 0 aromatic rings. The minimum atomic E-state index is -0.769. The summed E-state index contributed by atoms with van der Waals surface area (Å²) >= 11 is 0. The molecule has 11 unspecified atom stereocenters. The van der Waals surface area contributed by atoms with Crippen molar-refractivity contribution in [1.29, 1.82) is 0 Å². The minimum Gasteiger partial charge on any atom is -0.390 e. The van der Waals surface area contributed by atoms with Crippen LogP contribution in [-0.2, 0) is 14.3 Å². The van der Waals surface area contributed by atoms with Crippen LogP contribution in [0.4, 0.5) is 0 Å². The number of epoxide rings is 1. The van der Waals surface area contributed by atoms with Gasteiger partial charge >= 0.3 is 0 Å². The first-order chi connectivity index (χ1) is 19.4. The van der Waals surface area contributed by atoms with E-state index in [0.717, 1.165) is 56.9 Å². The van der Waals surface area contributed by atoms with Crippen molar-refractivity contribution in [3.05, 3.63) is 11.1 Å². The number of fused-ring (bicyclic) bond motifs is 4. The van der Waals surface area contributed by atoms with Gasteiger partial charge in [-0.1, -0.05) is 53.0 Å². The molecule has 0 spiro atoms. The van der Waals surface area contributed by atoms with Crippen molar-refractivity contribution in [2.45, 2.75) is 155 Å². The van der Waals surface area contributed by atoms with Crippen LogP contribution in [0.2, 0.25) is 0 Å². The zero-order valence-corrected chi connectivity index (χ0v) is 27.6. The number of ketones is 2. The van der Waals surface area contributed by atoms with Crippen LogP contribution in [0.3, 0.4) is 0 Å². The number of hydrogen-bond acceptors (Lipinski definition) is 6. The van der Waals surface area contributed by atoms with Gasteiger partial charge < -0.3 is 20.3 Å². The molecule has 0 aromatic heterocycles. The molecule has 0 amide bonds. The Morgan fingerprint density at radius 3 is 2.33 bits per heavy atom. The summed E-state index contributed by atoms with van der Waals surface area (Å²) < 4.78 is 5.74. The van der Waals surface area contributed by atoms with E-state index in [1.54, 1.807) is 0 Å². The van der Waals surface area contributed by atoms with E-state index in [1.807, 2.05) is 20.8 Å². The average Bonchev–Trinajstić information content (AvgIpc) is 3.43. The number of ether oxygens (including phenoxy) is 1. The molecule has 11 atom stereocenters. The second-order valence-corrected chi connectivity index (χ2v) is 17.4. The van der Waals surface area contributed by atoms with E-state index in [0.29, 0.717) is 37.5 Å². The Kier molecular flexibility index (Phi) is 7.15. The molecule has 3 N–H and O–H groups in total. The molecule has 42 heavy (non-hydrogen) atoms. The van der Waals surface area contributed by atoms with Crippen LogP contribution in [0.1, 0.15) is 126 Å². The molecule has 6 aliphatic rings. The van der Waals surface area contributed by atoms with E-state index in [4.69, 9.17) is 4.74 Å². The van der Waals surface area contributed by atoms with Crippen LogP contribution < -0.4 is 5.32 Å². The van der Waals surface area contributed by atoms with Crippen molar-refractivity contribution in [3.63, 3.8) is 0 Å². The summed E-state index contributed by atoms with van der Waals surface area (Å²) in [6, 6.07) is 0.110. The highest BCUT2D eigenvalue weighted by Gasteiger charge is 2.70. The number of allylic oxidation sites excluding steroid dienone is 2. The van der Waals surface area contributed by atoms with Crippen LogP contribution in [0.15, 0.2) is 11.1 Å². The summed E-state index contributed by atoms with van der Waals surface area (Å²) in [5, 5.41) is 26.1. The molecule has 236 valence electrons. The third-order valence-electron chi connectivity index (χ3n) is 14.2. The van der Waals surface area contributed by atoms with Crippen LogP contribution in [0, 0.1) is 39.4 Å². The fourth-order valence-electron chi connectivity index (χ4n) is 11.9. The molecule has 6 rings (SSSR count). The van der Waals surface area contributed by atoms with E-state index >= 15 is 0 Å². The third kappa shape index (κ3) is 4.39. The molecule has 0 aromatic carbocycles. The number of carbonyl (C=O) groups is 2. The van der Waals surface area contributed by atoms with E-state index in [1.165, 1.54) is 5.57 Å². The van der Waals surface area contributed by atoms with Crippen LogP contribution in [0.5, 0.6) is 0 Å². The number of nitrogens with one attached hydrogen (secondary N) is 1. The highest BCUT2D eigenvalue weighted by atomic mass is 16.6. The molecule has 2 saturated heterocycles. The van der Waals surface area contributed by atoms with Gasteiger partial charge in [0.05, 0.1) is 17.3 Å². The van der Waals surface area contributed by atoms with Crippen molar-refractivity contribution < 1.29 is 24.5 Å². The lowest BCUT2D eigenvalue weighted by Crippen LogP contribution is -2.69. The molecule has 6 nitrogen and oxygen atoms in total. The maximum absolute atomic E-state index is 14.0. The van der Waals surface area contributed by atoms with Gasteiger partial charge in [-0.3, -0.25) is 9.59 Å². The lowest BCUT2D eigenvalue weighted by molar-refractivity contribution is -0.195. The molecule has 0 radical (unpaired) electrons. The van der Waals surface area contributed by atoms with Crippen molar-refractivity contribution in [1.82, 2.24) is 5.32 Å². The second-order valence-electron chi connectivity index (χ2n) is 17.4. The summed E-state index contributed by atoms with van der Waals surface area (Å²) in [7, 11) is 0. The highest BCUT2D eigenvalue weighted by molar-refractivity contribution is 6.00. The first kappa shape index (κ1) is 30.9. The summed E-state index contributed by atoms with van der Waals surface area (Å²) in [4.78, 5) is 27.8. The van der Waals surface area contributed by atoms with Gasteiger partial charge in [0.2, 0.25) is 0 Å². The standard InChI is InChI=1S/C36H57NO5/c1-21(17-24(38)30-31(2,3)42-30)28-22-11-12-26-33(5)16-13-27(40)34(6)15-10-9-14-32(4,41)20-37-23(29(33)34)18-36(26,8)35(22,7)19-25(28)39/h21,23-24,26,29-30,37-38,41H,9-20H2,1-8H3. The summed E-state index contributed by atoms with van der Waals surface area (Å²) in [6.45, 7) is 18.2. The summed E-state index contributed by atoms with van der Waals surface area (Å²) in [6.07, 6.45) is 8.40. The first-order valence-electron chi connectivity index (χ1n) is 17.0. The van der Waals surface area contributed by atoms with Crippen molar-refractivity contribution in [2.24, 2.45) is 39.4 Å². The van der Waals surface area contributed by atoms with Crippen LogP contribution in [0.25, 0.3) is 0 Å². The van der Waals surface area contributed by atoms with Gasteiger partial charge in [0.15, 0.2) is 5.78 Å². The number of aliphatic hydroxyl groups excluding tert-OH is 1. The lowest BCUT2D eigenvalue weighted by atomic mass is 9.35. The molecule has 2 aliphatic heterocycles. The van der Waals surface area contributed by atoms with Gasteiger partial charge in [0.1, 0.15) is 11.9 Å². The predicted molar refractivity (Wildman–Crippen MR) is 164 cm³/mol. The van der Waals surface area contributed by atoms with Crippen molar-refractivity contribution in [3.8, 4) is 0 Å². The Labute approximate surface area is 253 Å². The van der Waals surface area contributed by atoms with Gasteiger partial charge in [0.25, 0.3) is 0 Å². The molecule has 4 aliphatic carbocycles. The lowest BCUT2D eigenvalue weighted by Gasteiger charge is -2.70. The van der Waals surface area contributed by atoms with Gasteiger partial charge in [-0.25, -0.2) is 0 Å². The SMILES string of the molecule is CC(CC(O)C1OC1(C)C)C1=C2CCC3C4(C)CCC(=O)C5(C)CCCCC(C)(O)CNC(CC3(C)C2(C)CC1=O)C54. The Hall–Kier alpha value is -1.08. The van der Waals surface area contributed by atoms with Crippen molar-refractivity contribution in [2.75, 3.05) is 6.54 Å². The molecular weight excluding hydrogens is 526 g/mol. The molecule has 6 heteroatoms. The monoisotopic (exact) mass is 583 g/mol. The van der Waals surface area contributed by atoms with E-state index in [9.17, 15) is 19.8 Å². The number of rotatable bonds is 4. The molecule has 5 fully saturated rings. The Bertz CT molecular complexity index is 1190. The zero-order chi connectivity index (χ0) is 30.7. The molecule has 0 bridgehead atoms. The van der Waals surface area contributed by atoms with Crippen molar-refractivity contribution >= 4 is 11.6 Å². The third-order valence-corrected chi connectivity index (χ3v) is 14.2. The minimum absolute atomic E-state index is 0.00567. The number of β-amino-alcohol motifs (C(OH)–C–C–N with tert-alkyl or cyclic N) is 1. The summed E-state index contributed by atoms with van der Waals surface area (Å²) in [5.74, 6) is 1.34. The quantitative estimate of drug-likeness (QED) is 0.355. The van der Waals surface area contributed by atoms with E-state index in [2.05, 4.69) is 39.9 Å². The maximum Gasteiger partial charge on any atom is 0.159 e. The second kappa shape index (κ2) is 9.71. The molecule has 3 saturated carbocycles.